The summed E-state index contributed by atoms with van der Waals surface area (Å²) >= 11 is 5.26. The van der Waals surface area contributed by atoms with E-state index in [0.717, 1.165) is 17.3 Å². The van der Waals surface area contributed by atoms with Crippen LogP contribution in [0.5, 0.6) is 0 Å². The Morgan fingerprint density at radius 2 is 2.18 bits per heavy atom. The molecule has 0 fully saturated rings. The molecule has 17 heavy (non-hydrogen) atoms. The molecule has 1 heterocycles. The van der Waals surface area contributed by atoms with Gasteiger partial charge < -0.3 is 5.73 Å². The van der Waals surface area contributed by atoms with Gasteiger partial charge in [0, 0.05) is 10.5 Å². The summed E-state index contributed by atoms with van der Waals surface area (Å²) in [5, 5.41) is 4.31. The van der Waals surface area contributed by atoms with Crippen LogP contribution in [0.15, 0.2) is 39.5 Å². The van der Waals surface area contributed by atoms with Gasteiger partial charge >= 0.3 is 0 Å². The van der Waals surface area contributed by atoms with Gasteiger partial charge in [0.25, 0.3) is 0 Å². The highest BCUT2D eigenvalue weighted by molar-refractivity contribution is 9.10. The fourth-order valence-electron chi connectivity index (χ4n) is 1.90. The minimum atomic E-state index is 0.117. The summed E-state index contributed by atoms with van der Waals surface area (Å²) in [5.41, 5.74) is 10.1. The van der Waals surface area contributed by atoms with Crippen LogP contribution < -0.4 is 5.73 Å². The molecule has 2 rings (SSSR count). The fraction of sp³-hybridized carbons (Fsp3) is 0.286. The standard InChI is InChI=1S/C14H16BrNS/c1-10-6-12(8-13(15)7-10)14(16)3-2-11-4-5-17-9-11/h4-9,14H,2-3,16H2,1H3. The molecule has 1 aromatic heterocycles. The van der Waals surface area contributed by atoms with Crippen molar-refractivity contribution in [2.75, 3.05) is 0 Å². The molecule has 90 valence electrons. The van der Waals surface area contributed by atoms with Gasteiger partial charge in [-0.1, -0.05) is 22.0 Å². The summed E-state index contributed by atoms with van der Waals surface area (Å²) in [5.74, 6) is 0. The van der Waals surface area contributed by atoms with E-state index in [9.17, 15) is 0 Å². The van der Waals surface area contributed by atoms with Crippen molar-refractivity contribution in [3.63, 3.8) is 0 Å². The second-order valence-electron chi connectivity index (χ2n) is 4.34. The lowest BCUT2D eigenvalue weighted by molar-refractivity contribution is 0.651. The predicted octanol–water partition coefficient (Wildman–Crippen LogP) is 4.45. The molecule has 0 bridgehead atoms. The van der Waals surface area contributed by atoms with Crippen LogP contribution in [0.1, 0.15) is 29.2 Å². The van der Waals surface area contributed by atoms with Crippen molar-refractivity contribution in [3.8, 4) is 0 Å². The van der Waals surface area contributed by atoms with Gasteiger partial charge in [-0.2, -0.15) is 11.3 Å². The second kappa shape index (κ2) is 5.80. The summed E-state index contributed by atoms with van der Waals surface area (Å²) in [6, 6.07) is 8.68. The quantitative estimate of drug-likeness (QED) is 0.887. The minimum absolute atomic E-state index is 0.117. The second-order valence-corrected chi connectivity index (χ2v) is 6.03. The van der Waals surface area contributed by atoms with Crippen LogP contribution in [0.4, 0.5) is 0 Å². The summed E-state index contributed by atoms with van der Waals surface area (Å²) in [6.07, 6.45) is 2.04. The van der Waals surface area contributed by atoms with Gasteiger partial charge in [-0.25, -0.2) is 0 Å². The highest BCUT2D eigenvalue weighted by Crippen LogP contribution is 2.23. The number of hydrogen-bond donors (Lipinski definition) is 1. The molecular weight excluding hydrogens is 294 g/mol. The number of thiophene rings is 1. The van der Waals surface area contributed by atoms with Crippen molar-refractivity contribution < 1.29 is 0 Å². The van der Waals surface area contributed by atoms with E-state index >= 15 is 0 Å². The van der Waals surface area contributed by atoms with Gasteiger partial charge in [-0.3, -0.25) is 0 Å². The van der Waals surface area contributed by atoms with Gasteiger partial charge in [-0.05, 0) is 65.4 Å². The Bertz CT molecular complexity index is 459. The molecular formula is C14H16BrNS. The van der Waals surface area contributed by atoms with Crippen LogP contribution in [0.2, 0.25) is 0 Å². The number of aryl methyl sites for hydroxylation is 2. The van der Waals surface area contributed by atoms with Crippen molar-refractivity contribution in [1.29, 1.82) is 0 Å². The lowest BCUT2D eigenvalue weighted by atomic mass is 9.99. The van der Waals surface area contributed by atoms with E-state index in [2.05, 4.69) is 57.9 Å². The Balaban J connectivity index is 2.01. The number of benzene rings is 1. The van der Waals surface area contributed by atoms with Crippen molar-refractivity contribution in [2.45, 2.75) is 25.8 Å². The molecule has 1 aromatic carbocycles. The first kappa shape index (κ1) is 12.8. The lowest BCUT2D eigenvalue weighted by Crippen LogP contribution is -2.11. The molecule has 0 aliphatic carbocycles. The fourth-order valence-corrected chi connectivity index (χ4v) is 3.23. The van der Waals surface area contributed by atoms with E-state index in [1.165, 1.54) is 16.7 Å². The number of rotatable bonds is 4. The molecule has 0 aliphatic heterocycles. The Morgan fingerprint density at radius 1 is 1.35 bits per heavy atom. The summed E-state index contributed by atoms with van der Waals surface area (Å²) in [6.45, 7) is 2.10. The number of nitrogens with two attached hydrogens (primary N) is 1. The first-order valence-electron chi connectivity index (χ1n) is 5.69. The molecule has 3 heteroatoms. The summed E-state index contributed by atoms with van der Waals surface area (Å²) in [4.78, 5) is 0. The Labute approximate surface area is 115 Å². The predicted molar refractivity (Wildman–Crippen MR) is 78.4 cm³/mol. The zero-order chi connectivity index (χ0) is 12.3. The molecule has 1 unspecified atom stereocenters. The molecule has 1 nitrogen and oxygen atoms in total. The molecule has 0 saturated carbocycles. The van der Waals surface area contributed by atoms with Gasteiger partial charge in [0.2, 0.25) is 0 Å². The normalized spacial score (nSPS) is 12.6. The molecule has 1 atom stereocenters. The summed E-state index contributed by atoms with van der Waals surface area (Å²) in [7, 11) is 0. The third-order valence-corrected chi connectivity index (χ3v) is 4.01. The third-order valence-electron chi connectivity index (χ3n) is 2.82. The van der Waals surface area contributed by atoms with Crippen LogP contribution in [0.3, 0.4) is 0 Å². The molecule has 2 aromatic rings. The topological polar surface area (TPSA) is 26.0 Å². The average molecular weight is 310 g/mol. The highest BCUT2D eigenvalue weighted by atomic mass is 79.9. The SMILES string of the molecule is Cc1cc(Br)cc(C(N)CCc2ccsc2)c1. The zero-order valence-corrected chi connectivity index (χ0v) is 12.2. The Hall–Kier alpha value is -0.640. The highest BCUT2D eigenvalue weighted by Gasteiger charge is 2.07. The third kappa shape index (κ3) is 3.66. The minimum Gasteiger partial charge on any atom is -0.324 e. The average Bonchev–Trinajstić information content (AvgIpc) is 2.77. The lowest BCUT2D eigenvalue weighted by Gasteiger charge is -2.13. The first-order chi connectivity index (χ1) is 8.15. The molecule has 2 N–H and O–H groups in total. The van der Waals surface area contributed by atoms with Gasteiger partial charge in [0.15, 0.2) is 0 Å². The van der Waals surface area contributed by atoms with Crippen LogP contribution in [0, 0.1) is 6.92 Å². The van der Waals surface area contributed by atoms with E-state index in [1.54, 1.807) is 11.3 Å². The molecule has 0 aliphatic rings. The Morgan fingerprint density at radius 3 is 2.82 bits per heavy atom. The van der Waals surface area contributed by atoms with Crippen molar-refractivity contribution in [2.24, 2.45) is 5.73 Å². The van der Waals surface area contributed by atoms with Gasteiger partial charge in [0.1, 0.15) is 0 Å². The largest absolute Gasteiger partial charge is 0.324 e. The van der Waals surface area contributed by atoms with E-state index in [-0.39, 0.29) is 6.04 Å². The van der Waals surface area contributed by atoms with E-state index in [0.29, 0.717) is 0 Å². The number of halogens is 1. The van der Waals surface area contributed by atoms with E-state index < -0.39 is 0 Å². The molecule has 0 saturated heterocycles. The molecule has 0 spiro atoms. The maximum atomic E-state index is 6.23. The van der Waals surface area contributed by atoms with Crippen molar-refractivity contribution in [3.05, 3.63) is 56.2 Å². The van der Waals surface area contributed by atoms with Gasteiger partial charge in [0.05, 0.1) is 0 Å². The maximum absolute atomic E-state index is 6.23. The van der Waals surface area contributed by atoms with Crippen LogP contribution in [-0.2, 0) is 6.42 Å². The first-order valence-corrected chi connectivity index (χ1v) is 7.42. The van der Waals surface area contributed by atoms with Crippen LogP contribution in [-0.4, -0.2) is 0 Å². The smallest absolute Gasteiger partial charge is 0.0298 e. The zero-order valence-electron chi connectivity index (χ0n) is 9.82. The molecule has 0 amide bonds. The Kier molecular flexibility index (Phi) is 4.37. The van der Waals surface area contributed by atoms with Crippen LogP contribution >= 0.6 is 27.3 Å². The van der Waals surface area contributed by atoms with Crippen molar-refractivity contribution >= 4 is 27.3 Å². The van der Waals surface area contributed by atoms with Gasteiger partial charge in [-0.15, -0.1) is 0 Å². The monoisotopic (exact) mass is 309 g/mol. The van der Waals surface area contributed by atoms with Crippen LogP contribution in [0.25, 0.3) is 0 Å². The maximum Gasteiger partial charge on any atom is 0.0298 e. The van der Waals surface area contributed by atoms with E-state index in [4.69, 9.17) is 5.73 Å². The van der Waals surface area contributed by atoms with E-state index in [1.807, 2.05) is 0 Å². The summed E-state index contributed by atoms with van der Waals surface area (Å²) < 4.78 is 1.11. The number of hydrogen-bond acceptors (Lipinski definition) is 2. The van der Waals surface area contributed by atoms with Crippen molar-refractivity contribution in [1.82, 2.24) is 0 Å². The molecule has 0 radical (unpaired) electrons.